The van der Waals surface area contributed by atoms with E-state index in [9.17, 15) is 9.90 Å². The third-order valence-electron chi connectivity index (χ3n) is 1.90. The fourth-order valence-electron chi connectivity index (χ4n) is 1.13. The summed E-state index contributed by atoms with van der Waals surface area (Å²) in [6.07, 6.45) is 1.86. The minimum absolute atomic E-state index is 0.132. The Labute approximate surface area is 87.1 Å². The van der Waals surface area contributed by atoms with Gasteiger partial charge in [-0.25, -0.2) is 4.79 Å². The summed E-state index contributed by atoms with van der Waals surface area (Å²) in [5.74, 6) is -0.903. The zero-order valence-corrected chi connectivity index (χ0v) is 8.00. The van der Waals surface area contributed by atoms with Gasteiger partial charge in [-0.3, -0.25) is 0 Å². The zero-order chi connectivity index (χ0) is 11.3. The molecule has 1 atom stereocenters. The summed E-state index contributed by atoms with van der Waals surface area (Å²) < 4.78 is 0. The highest BCUT2D eigenvalue weighted by atomic mass is 16.4. The van der Waals surface area contributed by atoms with Crippen LogP contribution in [-0.4, -0.2) is 21.3 Å². The molecule has 15 heavy (non-hydrogen) atoms. The Bertz CT molecular complexity index is 353. The average molecular weight is 208 g/mol. The van der Waals surface area contributed by atoms with E-state index in [1.807, 2.05) is 0 Å². The van der Waals surface area contributed by atoms with E-state index in [-0.39, 0.29) is 12.2 Å². The summed E-state index contributed by atoms with van der Waals surface area (Å²) in [5, 5.41) is 26.9. The first-order chi connectivity index (χ1) is 7.09. The SMILES string of the molecule is O=C(O)/C=C/C[C@H](O)c1ccc(O)cc1. The Morgan fingerprint density at radius 1 is 1.33 bits per heavy atom. The number of phenols is 1. The van der Waals surface area contributed by atoms with Crippen LogP contribution in [0.15, 0.2) is 36.4 Å². The van der Waals surface area contributed by atoms with Crippen LogP contribution in [0, 0.1) is 0 Å². The fraction of sp³-hybridized carbons (Fsp3) is 0.182. The van der Waals surface area contributed by atoms with Gasteiger partial charge in [0.2, 0.25) is 0 Å². The molecule has 0 amide bonds. The van der Waals surface area contributed by atoms with E-state index < -0.39 is 12.1 Å². The van der Waals surface area contributed by atoms with Crippen molar-refractivity contribution in [3.05, 3.63) is 42.0 Å². The van der Waals surface area contributed by atoms with Crippen LogP contribution in [0.2, 0.25) is 0 Å². The first-order valence-corrected chi connectivity index (χ1v) is 4.46. The van der Waals surface area contributed by atoms with Crippen LogP contribution < -0.4 is 0 Å². The topological polar surface area (TPSA) is 77.8 Å². The van der Waals surface area contributed by atoms with E-state index in [0.29, 0.717) is 5.56 Å². The predicted molar refractivity (Wildman–Crippen MR) is 54.5 cm³/mol. The number of aliphatic hydroxyl groups excluding tert-OH is 1. The number of aliphatic carboxylic acids is 1. The fourth-order valence-corrected chi connectivity index (χ4v) is 1.13. The van der Waals surface area contributed by atoms with Crippen molar-refractivity contribution in [3.63, 3.8) is 0 Å². The monoisotopic (exact) mass is 208 g/mol. The van der Waals surface area contributed by atoms with Gasteiger partial charge in [0.15, 0.2) is 0 Å². The molecule has 4 heteroatoms. The maximum atomic E-state index is 10.2. The summed E-state index contributed by atoms with van der Waals surface area (Å²) in [7, 11) is 0. The van der Waals surface area contributed by atoms with Crippen LogP contribution in [0.3, 0.4) is 0 Å². The number of carbonyl (C=O) groups is 1. The highest BCUT2D eigenvalue weighted by Gasteiger charge is 2.04. The van der Waals surface area contributed by atoms with Gasteiger partial charge < -0.3 is 15.3 Å². The Morgan fingerprint density at radius 3 is 2.47 bits per heavy atom. The molecule has 0 saturated heterocycles. The molecule has 3 N–H and O–H groups in total. The number of aliphatic hydroxyl groups is 1. The van der Waals surface area contributed by atoms with E-state index in [2.05, 4.69) is 0 Å². The van der Waals surface area contributed by atoms with Crippen LogP contribution >= 0.6 is 0 Å². The number of rotatable bonds is 4. The standard InChI is InChI=1S/C11H12O4/c12-9-6-4-8(5-7-9)10(13)2-1-3-11(14)15/h1,3-7,10,12-13H,2H2,(H,14,15)/b3-1+/t10-/m0/s1. The maximum Gasteiger partial charge on any atom is 0.327 e. The van der Waals surface area contributed by atoms with Crippen molar-refractivity contribution < 1.29 is 20.1 Å². The van der Waals surface area contributed by atoms with Crippen molar-refractivity contribution in [1.29, 1.82) is 0 Å². The Hall–Kier alpha value is -1.81. The molecule has 1 aromatic carbocycles. The van der Waals surface area contributed by atoms with Crippen LogP contribution in [0.5, 0.6) is 5.75 Å². The zero-order valence-electron chi connectivity index (χ0n) is 8.00. The molecule has 0 radical (unpaired) electrons. The third kappa shape index (κ3) is 3.83. The van der Waals surface area contributed by atoms with Crippen LogP contribution in [-0.2, 0) is 4.79 Å². The number of aromatic hydroxyl groups is 1. The number of benzene rings is 1. The quantitative estimate of drug-likeness (QED) is 0.654. The maximum absolute atomic E-state index is 10.2. The summed E-state index contributed by atoms with van der Waals surface area (Å²) in [6.45, 7) is 0. The van der Waals surface area contributed by atoms with Gasteiger partial charge in [-0.05, 0) is 24.1 Å². The summed E-state index contributed by atoms with van der Waals surface area (Å²) in [4.78, 5) is 10.2. The molecular formula is C11H12O4. The Morgan fingerprint density at radius 2 is 1.93 bits per heavy atom. The molecule has 1 aromatic rings. The largest absolute Gasteiger partial charge is 0.508 e. The van der Waals surface area contributed by atoms with Gasteiger partial charge in [-0.15, -0.1) is 0 Å². The number of carboxylic acid groups (broad SMARTS) is 1. The molecule has 0 aliphatic carbocycles. The lowest BCUT2D eigenvalue weighted by atomic mass is 10.1. The summed E-state index contributed by atoms with van der Waals surface area (Å²) in [6, 6.07) is 6.13. The van der Waals surface area contributed by atoms with Gasteiger partial charge in [0.1, 0.15) is 5.75 Å². The van der Waals surface area contributed by atoms with Crippen molar-refractivity contribution >= 4 is 5.97 Å². The van der Waals surface area contributed by atoms with Gasteiger partial charge in [0, 0.05) is 6.08 Å². The number of hydrogen-bond acceptors (Lipinski definition) is 3. The first kappa shape index (κ1) is 11.3. The second-order valence-corrected chi connectivity index (χ2v) is 3.08. The van der Waals surface area contributed by atoms with E-state index >= 15 is 0 Å². The van der Waals surface area contributed by atoms with Crippen molar-refractivity contribution in [2.45, 2.75) is 12.5 Å². The molecule has 80 valence electrons. The van der Waals surface area contributed by atoms with Gasteiger partial charge in [-0.2, -0.15) is 0 Å². The van der Waals surface area contributed by atoms with Crippen molar-refractivity contribution in [1.82, 2.24) is 0 Å². The van der Waals surface area contributed by atoms with E-state index in [4.69, 9.17) is 10.2 Å². The minimum Gasteiger partial charge on any atom is -0.508 e. The average Bonchev–Trinajstić information content (AvgIpc) is 2.18. The molecule has 0 bridgehead atoms. The van der Waals surface area contributed by atoms with E-state index in [1.165, 1.54) is 18.2 Å². The highest BCUT2D eigenvalue weighted by Crippen LogP contribution is 2.19. The lowest BCUT2D eigenvalue weighted by Crippen LogP contribution is -1.95. The van der Waals surface area contributed by atoms with Gasteiger partial charge in [0.05, 0.1) is 6.10 Å². The van der Waals surface area contributed by atoms with Gasteiger partial charge in [0.25, 0.3) is 0 Å². The van der Waals surface area contributed by atoms with Crippen LogP contribution in [0.4, 0.5) is 0 Å². The van der Waals surface area contributed by atoms with E-state index in [0.717, 1.165) is 6.08 Å². The molecule has 0 heterocycles. The lowest BCUT2D eigenvalue weighted by Gasteiger charge is -2.07. The van der Waals surface area contributed by atoms with Crippen LogP contribution in [0.25, 0.3) is 0 Å². The molecule has 0 aliphatic heterocycles. The number of carboxylic acids is 1. The molecule has 0 spiro atoms. The molecule has 0 fully saturated rings. The molecule has 0 unspecified atom stereocenters. The van der Waals surface area contributed by atoms with Gasteiger partial charge in [-0.1, -0.05) is 18.2 Å². The molecule has 4 nitrogen and oxygen atoms in total. The van der Waals surface area contributed by atoms with Crippen molar-refractivity contribution in [2.24, 2.45) is 0 Å². The molecular weight excluding hydrogens is 196 g/mol. The van der Waals surface area contributed by atoms with Crippen molar-refractivity contribution in [3.8, 4) is 5.75 Å². The second kappa shape index (κ2) is 5.17. The predicted octanol–water partition coefficient (Wildman–Crippen LogP) is 1.46. The molecule has 0 saturated carbocycles. The molecule has 0 aliphatic rings. The molecule has 0 aromatic heterocycles. The third-order valence-corrected chi connectivity index (χ3v) is 1.90. The number of hydrogen-bond donors (Lipinski definition) is 3. The first-order valence-electron chi connectivity index (χ1n) is 4.46. The molecule has 1 rings (SSSR count). The smallest absolute Gasteiger partial charge is 0.327 e. The number of phenolic OH excluding ortho intramolecular Hbond substituents is 1. The van der Waals surface area contributed by atoms with Crippen LogP contribution in [0.1, 0.15) is 18.1 Å². The lowest BCUT2D eigenvalue weighted by molar-refractivity contribution is -0.131. The van der Waals surface area contributed by atoms with Gasteiger partial charge >= 0.3 is 5.97 Å². The van der Waals surface area contributed by atoms with E-state index in [1.54, 1.807) is 12.1 Å². The van der Waals surface area contributed by atoms with Crippen molar-refractivity contribution in [2.75, 3.05) is 0 Å². The summed E-state index contributed by atoms with van der Waals surface area (Å²) >= 11 is 0. The normalized spacial score (nSPS) is 12.9. The summed E-state index contributed by atoms with van der Waals surface area (Å²) in [5.41, 5.74) is 0.642. The Balaban J connectivity index is 2.57. The second-order valence-electron chi connectivity index (χ2n) is 3.08. The Kier molecular flexibility index (Phi) is 3.88. The highest BCUT2D eigenvalue weighted by molar-refractivity contribution is 5.79. The minimum atomic E-state index is -1.03.